The molecule has 0 radical (unpaired) electrons. The summed E-state index contributed by atoms with van der Waals surface area (Å²) in [6, 6.07) is 4.75. The molecule has 2 atom stereocenters. The maximum Gasteiger partial charge on any atom is 0.404 e. The fourth-order valence-electron chi connectivity index (χ4n) is 3.41. The number of nitrogens with zero attached hydrogens (tertiary/aromatic N) is 4. The first-order valence-electron chi connectivity index (χ1n) is 8.55. The Morgan fingerprint density at radius 1 is 1.32 bits per heavy atom. The van der Waals surface area contributed by atoms with E-state index in [1.54, 1.807) is 0 Å². The van der Waals surface area contributed by atoms with Crippen LogP contribution in [0, 0.1) is 28.9 Å². The Hall–Kier alpha value is -3.48. The lowest BCUT2D eigenvalue weighted by atomic mass is 9.96. The topological polar surface area (TPSA) is 128 Å². The molecular weight excluding hydrogens is 370 g/mol. The van der Waals surface area contributed by atoms with E-state index in [-0.39, 0.29) is 29.2 Å². The summed E-state index contributed by atoms with van der Waals surface area (Å²) in [5.74, 6) is -1.45. The Balaban J connectivity index is 1.96. The molecule has 2 heterocycles. The standard InChI is InChI=1S/C18H18F2N6O2/c1-9-2-11(23-18(27)28)8-26(7-9)16-5-15(24-17(22)25-16)10-3-13(19)12(6-21)14(20)4-10/h3-5,9,11,23H,2,7-8H2,1H3,(H,27,28)(H2,22,24,25)/t9-,11-/m1/s1. The van der Waals surface area contributed by atoms with Crippen LogP contribution in [-0.2, 0) is 0 Å². The maximum atomic E-state index is 14.0. The Morgan fingerprint density at radius 2 is 2.00 bits per heavy atom. The number of carbonyl (C=O) groups is 1. The fraction of sp³-hybridized carbons (Fsp3) is 0.333. The number of amides is 1. The van der Waals surface area contributed by atoms with Crippen molar-refractivity contribution in [1.29, 1.82) is 5.26 Å². The van der Waals surface area contributed by atoms with Gasteiger partial charge in [-0.25, -0.2) is 18.6 Å². The van der Waals surface area contributed by atoms with E-state index in [4.69, 9.17) is 16.1 Å². The maximum absolute atomic E-state index is 14.0. The monoisotopic (exact) mass is 388 g/mol. The zero-order valence-corrected chi connectivity index (χ0v) is 15.0. The number of halogens is 2. The van der Waals surface area contributed by atoms with Crippen molar-refractivity contribution in [1.82, 2.24) is 15.3 Å². The molecule has 2 aromatic rings. The van der Waals surface area contributed by atoms with E-state index in [1.807, 2.05) is 11.8 Å². The number of benzene rings is 1. The largest absolute Gasteiger partial charge is 0.465 e. The summed E-state index contributed by atoms with van der Waals surface area (Å²) in [6.07, 6.45) is -0.423. The van der Waals surface area contributed by atoms with Gasteiger partial charge in [-0.2, -0.15) is 10.2 Å². The first kappa shape index (κ1) is 19.3. The van der Waals surface area contributed by atoms with Crippen molar-refractivity contribution in [3.63, 3.8) is 0 Å². The number of nitriles is 1. The van der Waals surface area contributed by atoms with Crippen LogP contribution in [0.3, 0.4) is 0 Å². The quantitative estimate of drug-likeness (QED) is 0.736. The summed E-state index contributed by atoms with van der Waals surface area (Å²) < 4.78 is 27.9. The van der Waals surface area contributed by atoms with Gasteiger partial charge in [-0.15, -0.1) is 0 Å². The van der Waals surface area contributed by atoms with Crippen molar-refractivity contribution in [2.75, 3.05) is 23.7 Å². The first-order valence-corrected chi connectivity index (χ1v) is 8.55. The zero-order chi connectivity index (χ0) is 20.4. The molecule has 1 aromatic heterocycles. The zero-order valence-electron chi connectivity index (χ0n) is 15.0. The van der Waals surface area contributed by atoms with Crippen LogP contribution in [0.4, 0.5) is 25.3 Å². The number of piperidine rings is 1. The van der Waals surface area contributed by atoms with Gasteiger partial charge in [-0.3, -0.25) is 0 Å². The van der Waals surface area contributed by atoms with Crippen LogP contribution in [0.1, 0.15) is 18.9 Å². The molecule has 10 heteroatoms. The molecule has 146 valence electrons. The second-order valence-corrected chi connectivity index (χ2v) is 6.79. The summed E-state index contributed by atoms with van der Waals surface area (Å²) in [5, 5.41) is 20.2. The third-order valence-corrected chi connectivity index (χ3v) is 4.49. The van der Waals surface area contributed by atoms with Crippen LogP contribution in [0.15, 0.2) is 18.2 Å². The van der Waals surface area contributed by atoms with E-state index in [2.05, 4.69) is 15.3 Å². The molecule has 1 fully saturated rings. The molecule has 1 amide bonds. The Labute approximate surface area is 159 Å². The molecule has 0 aliphatic carbocycles. The van der Waals surface area contributed by atoms with Crippen molar-refractivity contribution >= 4 is 17.9 Å². The Kier molecular flexibility index (Phi) is 5.26. The molecule has 0 saturated carbocycles. The fourth-order valence-corrected chi connectivity index (χ4v) is 3.41. The first-order chi connectivity index (χ1) is 13.3. The van der Waals surface area contributed by atoms with Crippen LogP contribution in [0.5, 0.6) is 0 Å². The van der Waals surface area contributed by atoms with Crippen LogP contribution in [0.25, 0.3) is 11.3 Å². The third-order valence-electron chi connectivity index (χ3n) is 4.49. The predicted molar refractivity (Wildman–Crippen MR) is 97.5 cm³/mol. The number of nitrogens with two attached hydrogens (primary N) is 1. The molecule has 4 N–H and O–H groups in total. The SMILES string of the molecule is C[C@@H]1C[C@@H](NC(=O)O)CN(c2cc(-c3cc(F)c(C#N)c(F)c3)nc(N)n2)C1. The van der Waals surface area contributed by atoms with Crippen molar-refractivity contribution in [3.8, 4) is 17.3 Å². The van der Waals surface area contributed by atoms with E-state index >= 15 is 0 Å². The lowest BCUT2D eigenvalue weighted by Crippen LogP contribution is -2.50. The average molecular weight is 388 g/mol. The smallest absolute Gasteiger partial charge is 0.404 e. The van der Waals surface area contributed by atoms with Gasteiger partial charge in [0.25, 0.3) is 0 Å². The van der Waals surface area contributed by atoms with Gasteiger partial charge in [0.15, 0.2) is 0 Å². The number of rotatable bonds is 3. The summed E-state index contributed by atoms with van der Waals surface area (Å²) >= 11 is 0. The molecule has 0 spiro atoms. The normalized spacial score (nSPS) is 19.1. The Morgan fingerprint density at radius 3 is 2.61 bits per heavy atom. The van der Waals surface area contributed by atoms with Crippen LogP contribution in [0.2, 0.25) is 0 Å². The molecule has 8 nitrogen and oxygen atoms in total. The minimum absolute atomic E-state index is 0.0846. The molecule has 1 aliphatic heterocycles. The van der Waals surface area contributed by atoms with Crippen LogP contribution >= 0.6 is 0 Å². The molecule has 0 unspecified atom stereocenters. The number of nitrogen functional groups attached to an aromatic ring is 1. The predicted octanol–water partition coefficient (Wildman–Crippen LogP) is 2.36. The van der Waals surface area contributed by atoms with E-state index in [1.165, 1.54) is 12.1 Å². The Bertz CT molecular complexity index is 939. The highest BCUT2D eigenvalue weighted by Gasteiger charge is 2.27. The average Bonchev–Trinajstić information content (AvgIpc) is 2.59. The van der Waals surface area contributed by atoms with Gasteiger partial charge in [-0.05, 0) is 24.5 Å². The van der Waals surface area contributed by atoms with Gasteiger partial charge < -0.3 is 21.1 Å². The lowest BCUT2D eigenvalue weighted by Gasteiger charge is -2.37. The highest BCUT2D eigenvalue weighted by Crippen LogP contribution is 2.28. The summed E-state index contributed by atoms with van der Waals surface area (Å²) in [4.78, 5) is 21.0. The van der Waals surface area contributed by atoms with Gasteiger partial charge >= 0.3 is 6.09 Å². The number of nitrogens with one attached hydrogen (secondary N) is 1. The third kappa shape index (κ3) is 4.09. The molecule has 1 saturated heterocycles. The molecular formula is C18H18F2N6O2. The number of aromatic nitrogens is 2. The molecule has 1 aliphatic rings. The minimum atomic E-state index is -1.11. The highest BCUT2D eigenvalue weighted by atomic mass is 19.1. The van der Waals surface area contributed by atoms with Gasteiger partial charge in [-0.1, -0.05) is 6.92 Å². The van der Waals surface area contributed by atoms with Gasteiger partial charge in [0, 0.05) is 24.7 Å². The van der Waals surface area contributed by atoms with Crippen LogP contribution < -0.4 is 16.0 Å². The minimum Gasteiger partial charge on any atom is -0.465 e. The van der Waals surface area contributed by atoms with Gasteiger partial charge in [0.2, 0.25) is 5.95 Å². The van der Waals surface area contributed by atoms with E-state index in [0.717, 1.165) is 12.1 Å². The summed E-state index contributed by atoms with van der Waals surface area (Å²) in [6.45, 7) is 2.98. The second-order valence-electron chi connectivity index (χ2n) is 6.79. The van der Waals surface area contributed by atoms with Crippen molar-refractivity contribution in [3.05, 3.63) is 35.4 Å². The molecule has 1 aromatic carbocycles. The van der Waals surface area contributed by atoms with E-state index < -0.39 is 23.3 Å². The summed E-state index contributed by atoms with van der Waals surface area (Å²) in [7, 11) is 0. The number of hydrogen-bond donors (Lipinski definition) is 3. The number of hydrogen-bond acceptors (Lipinski definition) is 6. The van der Waals surface area contributed by atoms with Crippen LogP contribution in [-0.4, -0.2) is 40.3 Å². The van der Waals surface area contributed by atoms with Gasteiger partial charge in [0.1, 0.15) is 29.1 Å². The number of carboxylic acid groups (broad SMARTS) is 1. The van der Waals surface area contributed by atoms with E-state index in [0.29, 0.717) is 25.3 Å². The number of anilines is 2. The summed E-state index contributed by atoms with van der Waals surface area (Å²) in [5.41, 5.74) is 5.44. The molecule has 28 heavy (non-hydrogen) atoms. The van der Waals surface area contributed by atoms with E-state index in [9.17, 15) is 13.6 Å². The highest BCUT2D eigenvalue weighted by molar-refractivity contribution is 5.67. The van der Waals surface area contributed by atoms with Crippen molar-refractivity contribution in [2.45, 2.75) is 19.4 Å². The van der Waals surface area contributed by atoms with Crippen molar-refractivity contribution in [2.24, 2.45) is 5.92 Å². The lowest BCUT2D eigenvalue weighted by molar-refractivity contribution is 0.186. The van der Waals surface area contributed by atoms with Crippen molar-refractivity contribution < 1.29 is 18.7 Å². The second kappa shape index (κ2) is 7.64. The molecule has 3 rings (SSSR count). The molecule has 0 bridgehead atoms. The van der Waals surface area contributed by atoms with Gasteiger partial charge in [0.05, 0.1) is 11.7 Å².